The molecule has 0 amide bonds. The van der Waals surface area contributed by atoms with Gasteiger partial charge in [0.2, 0.25) is 0 Å². The minimum atomic E-state index is -0.266. The molecule has 29 heavy (non-hydrogen) atoms. The fraction of sp³-hybridized carbons (Fsp3) is 0.333. The van der Waals surface area contributed by atoms with Crippen LogP contribution in [0.25, 0.3) is 11.4 Å². The molecule has 0 unspecified atom stereocenters. The maximum absolute atomic E-state index is 12.8. The first-order valence-electron chi connectivity index (χ1n) is 9.26. The Morgan fingerprint density at radius 1 is 1.14 bits per heavy atom. The zero-order chi connectivity index (χ0) is 21.0. The molecule has 2 heterocycles. The van der Waals surface area contributed by atoms with Crippen molar-refractivity contribution in [2.24, 2.45) is 7.05 Å². The maximum atomic E-state index is 12.8. The van der Waals surface area contributed by atoms with Crippen molar-refractivity contribution in [3.05, 3.63) is 53.3 Å². The van der Waals surface area contributed by atoms with Gasteiger partial charge >= 0.3 is 5.97 Å². The van der Waals surface area contributed by atoms with Crippen LogP contribution >= 0.6 is 11.8 Å². The summed E-state index contributed by atoms with van der Waals surface area (Å²) in [7, 11) is 3.27. The summed E-state index contributed by atoms with van der Waals surface area (Å²) in [5.41, 5.74) is 3.46. The number of ether oxygens (including phenoxy) is 1. The van der Waals surface area contributed by atoms with Gasteiger partial charge in [-0.1, -0.05) is 42.1 Å². The second kappa shape index (κ2) is 9.09. The lowest BCUT2D eigenvalue weighted by molar-refractivity contribution is -0.140. The molecule has 0 saturated heterocycles. The summed E-state index contributed by atoms with van der Waals surface area (Å²) in [6.45, 7) is 4.33. The number of esters is 1. The molecule has 0 saturated carbocycles. The number of methoxy groups -OCH3 is 1. The second-order valence-corrected chi connectivity index (χ2v) is 7.65. The summed E-state index contributed by atoms with van der Waals surface area (Å²) >= 11 is 1.37. The van der Waals surface area contributed by atoms with E-state index in [-0.39, 0.29) is 23.9 Å². The molecule has 3 aromatic rings. The van der Waals surface area contributed by atoms with Gasteiger partial charge in [-0.05, 0) is 19.9 Å². The monoisotopic (exact) mass is 412 g/mol. The van der Waals surface area contributed by atoms with E-state index in [1.807, 2.05) is 66.4 Å². The van der Waals surface area contributed by atoms with Crippen molar-refractivity contribution >= 4 is 23.5 Å². The zero-order valence-corrected chi connectivity index (χ0v) is 17.8. The predicted octanol–water partition coefficient (Wildman–Crippen LogP) is 3.44. The van der Waals surface area contributed by atoms with E-state index >= 15 is 0 Å². The average Bonchev–Trinajstić information content (AvgIpc) is 3.24. The SMILES string of the molecule is COC(=O)CCn1c(C)cc(C(=O)CSc2nnc(-c3ccccc3)n2C)c1C. The van der Waals surface area contributed by atoms with Crippen LogP contribution in [0.4, 0.5) is 0 Å². The number of carbonyl (C=O) groups is 2. The van der Waals surface area contributed by atoms with Crippen LogP contribution in [-0.2, 0) is 23.1 Å². The fourth-order valence-corrected chi connectivity index (χ4v) is 4.01. The van der Waals surface area contributed by atoms with Crippen molar-refractivity contribution in [3.63, 3.8) is 0 Å². The van der Waals surface area contributed by atoms with Crippen molar-refractivity contribution < 1.29 is 14.3 Å². The Morgan fingerprint density at radius 3 is 2.55 bits per heavy atom. The summed E-state index contributed by atoms with van der Waals surface area (Å²) in [6.07, 6.45) is 0.274. The van der Waals surface area contributed by atoms with Crippen LogP contribution in [0.2, 0.25) is 0 Å². The number of thioether (sulfide) groups is 1. The number of hydrogen-bond donors (Lipinski definition) is 0. The molecule has 8 heteroatoms. The molecule has 0 aliphatic carbocycles. The van der Waals surface area contributed by atoms with E-state index in [1.165, 1.54) is 18.9 Å². The van der Waals surface area contributed by atoms with Gasteiger partial charge in [0.25, 0.3) is 0 Å². The van der Waals surface area contributed by atoms with Crippen LogP contribution in [0.3, 0.4) is 0 Å². The van der Waals surface area contributed by atoms with Gasteiger partial charge in [0.05, 0.1) is 19.3 Å². The Balaban J connectivity index is 1.69. The lowest BCUT2D eigenvalue weighted by atomic mass is 10.2. The molecule has 0 atom stereocenters. The number of ketones is 1. The molecule has 1 aromatic carbocycles. The average molecular weight is 413 g/mol. The third-order valence-corrected chi connectivity index (χ3v) is 5.86. The number of aryl methyl sites for hydroxylation is 1. The minimum absolute atomic E-state index is 0.0247. The standard InChI is InChI=1S/C21H24N4O3S/c1-14-12-17(15(2)25(14)11-10-19(27)28-4)18(26)13-29-21-23-22-20(24(21)3)16-8-6-5-7-9-16/h5-9,12H,10-11,13H2,1-4H3. The van der Waals surface area contributed by atoms with Crippen molar-refractivity contribution in [3.8, 4) is 11.4 Å². The summed E-state index contributed by atoms with van der Waals surface area (Å²) in [5, 5.41) is 9.17. The fourth-order valence-electron chi connectivity index (χ4n) is 3.22. The molecular formula is C21H24N4O3S. The van der Waals surface area contributed by atoms with Gasteiger partial charge < -0.3 is 13.9 Å². The van der Waals surface area contributed by atoms with E-state index in [1.54, 1.807) is 0 Å². The van der Waals surface area contributed by atoms with Gasteiger partial charge in [-0.3, -0.25) is 9.59 Å². The van der Waals surface area contributed by atoms with Crippen LogP contribution in [0.1, 0.15) is 28.2 Å². The topological polar surface area (TPSA) is 79.0 Å². The first-order valence-corrected chi connectivity index (χ1v) is 10.2. The molecule has 0 fully saturated rings. The lowest BCUT2D eigenvalue weighted by Gasteiger charge is -2.09. The Morgan fingerprint density at radius 2 is 1.86 bits per heavy atom. The Hall–Kier alpha value is -2.87. The van der Waals surface area contributed by atoms with Gasteiger partial charge in [-0.15, -0.1) is 10.2 Å². The Bertz CT molecular complexity index is 1020. The molecule has 2 aromatic heterocycles. The molecule has 7 nitrogen and oxygen atoms in total. The highest BCUT2D eigenvalue weighted by molar-refractivity contribution is 7.99. The Labute approximate surface area is 174 Å². The second-order valence-electron chi connectivity index (χ2n) is 6.71. The highest BCUT2D eigenvalue weighted by Crippen LogP contribution is 2.24. The predicted molar refractivity (Wildman–Crippen MR) is 112 cm³/mol. The molecule has 3 rings (SSSR count). The molecule has 0 N–H and O–H groups in total. The molecule has 0 aliphatic heterocycles. The van der Waals surface area contributed by atoms with Crippen molar-refractivity contribution in [1.29, 1.82) is 0 Å². The third kappa shape index (κ3) is 4.59. The highest BCUT2D eigenvalue weighted by atomic mass is 32.2. The van der Waals surface area contributed by atoms with E-state index in [2.05, 4.69) is 10.2 Å². The number of nitrogens with zero attached hydrogens (tertiary/aromatic N) is 4. The number of aromatic nitrogens is 4. The summed E-state index contributed by atoms with van der Waals surface area (Å²) in [4.78, 5) is 24.2. The van der Waals surface area contributed by atoms with Crippen LogP contribution in [0.15, 0.2) is 41.6 Å². The first-order chi connectivity index (χ1) is 13.9. The lowest BCUT2D eigenvalue weighted by Crippen LogP contribution is -2.11. The number of hydrogen-bond acceptors (Lipinski definition) is 6. The third-order valence-electron chi connectivity index (χ3n) is 4.84. The number of rotatable bonds is 8. The van der Waals surface area contributed by atoms with Crippen molar-refractivity contribution in [2.75, 3.05) is 12.9 Å². The minimum Gasteiger partial charge on any atom is -0.469 e. The van der Waals surface area contributed by atoms with Crippen molar-refractivity contribution in [1.82, 2.24) is 19.3 Å². The summed E-state index contributed by atoms with van der Waals surface area (Å²) in [5.74, 6) is 0.790. The number of Topliss-reactive ketones (excluding diaryl/α,β-unsaturated/α-hetero) is 1. The van der Waals surface area contributed by atoms with E-state index in [0.29, 0.717) is 17.3 Å². The quantitative estimate of drug-likeness (QED) is 0.320. The Kier molecular flexibility index (Phi) is 6.53. The van der Waals surface area contributed by atoms with Crippen LogP contribution in [0, 0.1) is 13.8 Å². The molecule has 0 radical (unpaired) electrons. The first kappa shape index (κ1) is 20.9. The molecule has 0 spiro atoms. The van der Waals surface area contributed by atoms with Gasteiger partial charge in [-0.2, -0.15) is 0 Å². The smallest absolute Gasteiger partial charge is 0.307 e. The van der Waals surface area contributed by atoms with Gasteiger partial charge in [0, 0.05) is 36.1 Å². The van der Waals surface area contributed by atoms with Crippen LogP contribution in [-0.4, -0.2) is 43.9 Å². The highest BCUT2D eigenvalue weighted by Gasteiger charge is 2.18. The van der Waals surface area contributed by atoms with E-state index < -0.39 is 0 Å². The van der Waals surface area contributed by atoms with E-state index in [9.17, 15) is 9.59 Å². The summed E-state index contributed by atoms with van der Waals surface area (Å²) < 4.78 is 8.57. The zero-order valence-electron chi connectivity index (χ0n) is 17.0. The molecular weight excluding hydrogens is 388 g/mol. The van der Waals surface area contributed by atoms with Gasteiger partial charge in [-0.25, -0.2) is 0 Å². The van der Waals surface area contributed by atoms with Crippen LogP contribution in [0.5, 0.6) is 0 Å². The van der Waals surface area contributed by atoms with Gasteiger partial charge in [0.15, 0.2) is 16.8 Å². The maximum Gasteiger partial charge on any atom is 0.307 e. The number of carbonyl (C=O) groups excluding carboxylic acids is 2. The molecule has 0 bridgehead atoms. The largest absolute Gasteiger partial charge is 0.469 e. The van der Waals surface area contributed by atoms with E-state index in [0.717, 1.165) is 22.8 Å². The number of benzene rings is 1. The molecule has 0 aliphatic rings. The van der Waals surface area contributed by atoms with Crippen molar-refractivity contribution in [2.45, 2.75) is 32.0 Å². The summed E-state index contributed by atoms with van der Waals surface area (Å²) in [6, 6.07) is 11.7. The van der Waals surface area contributed by atoms with Crippen LogP contribution < -0.4 is 0 Å². The normalized spacial score (nSPS) is 10.9. The van der Waals surface area contributed by atoms with Gasteiger partial charge in [0.1, 0.15) is 0 Å². The molecule has 152 valence electrons. The van der Waals surface area contributed by atoms with E-state index in [4.69, 9.17) is 4.74 Å².